The first kappa shape index (κ1) is 22.0. The lowest BCUT2D eigenvalue weighted by Crippen LogP contribution is -2.06. The van der Waals surface area contributed by atoms with Gasteiger partial charge < -0.3 is 23.4 Å². The summed E-state index contributed by atoms with van der Waals surface area (Å²) in [7, 11) is 1.34. The number of benzene rings is 3. The van der Waals surface area contributed by atoms with Crippen LogP contribution in [0.5, 0.6) is 23.0 Å². The number of ether oxygens (including phenoxy) is 4. The van der Waals surface area contributed by atoms with Gasteiger partial charge in [0.15, 0.2) is 11.5 Å². The summed E-state index contributed by atoms with van der Waals surface area (Å²) in [6.07, 6.45) is 1.28. The monoisotopic (exact) mass is 446 g/mol. The van der Waals surface area contributed by atoms with Crippen molar-refractivity contribution in [3.8, 4) is 23.0 Å². The second kappa shape index (κ2) is 9.91. The molecule has 0 aliphatic carbocycles. The quantitative estimate of drug-likeness (QED) is 0.337. The van der Waals surface area contributed by atoms with E-state index in [1.165, 1.54) is 13.4 Å². The van der Waals surface area contributed by atoms with Crippen molar-refractivity contribution in [1.82, 2.24) is 0 Å². The number of rotatable bonds is 8. The zero-order chi connectivity index (χ0) is 23.2. The van der Waals surface area contributed by atoms with Crippen LogP contribution in [0.25, 0.3) is 11.0 Å². The standard InChI is InChI=1S/C26H22O7/c1-3-30-21-6-4-5-7-22(21)33-24-16-32-23-14-19(12-13-20(23)25(24)27)31-15-17-8-10-18(11-9-17)26(28)29-2/h4-14,16H,3,15H2,1-2H3. The molecule has 7 nitrogen and oxygen atoms in total. The zero-order valence-corrected chi connectivity index (χ0v) is 18.2. The third-order valence-electron chi connectivity index (χ3n) is 4.86. The highest BCUT2D eigenvalue weighted by Gasteiger charge is 2.13. The molecule has 0 aliphatic rings. The number of fused-ring (bicyclic) bond motifs is 1. The van der Waals surface area contributed by atoms with Crippen LogP contribution in [0.1, 0.15) is 22.8 Å². The Morgan fingerprint density at radius 1 is 0.909 bits per heavy atom. The Morgan fingerprint density at radius 3 is 2.39 bits per heavy atom. The molecule has 1 aromatic heterocycles. The molecule has 7 heteroatoms. The van der Waals surface area contributed by atoms with E-state index in [9.17, 15) is 9.59 Å². The van der Waals surface area contributed by atoms with Crippen LogP contribution < -0.4 is 19.6 Å². The van der Waals surface area contributed by atoms with Gasteiger partial charge >= 0.3 is 5.97 Å². The minimum atomic E-state index is -0.392. The number of para-hydroxylation sites is 2. The third kappa shape index (κ3) is 4.98. The predicted octanol–water partition coefficient (Wildman–Crippen LogP) is 5.35. The van der Waals surface area contributed by atoms with Crippen LogP contribution in [0.4, 0.5) is 0 Å². The van der Waals surface area contributed by atoms with Gasteiger partial charge in [-0.2, -0.15) is 0 Å². The van der Waals surface area contributed by atoms with Gasteiger partial charge in [-0.3, -0.25) is 4.79 Å². The van der Waals surface area contributed by atoms with Gasteiger partial charge in [-0.15, -0.1) is 0 Å². The molecule has 0 unspecified atom stereocenters. The van der Waals surface area contributed by atoms with Crippen LogP contribution in [-0.4, -0.2) is 19.7 Å². The van der Waals surface area contributed by atoms with E-state index in [1.807, 2.05) is 13.0 Å². The van der Waals surface area contributed by atoms with Crippen LogP contribution >= 0.6 is 0 Å². The Balaban J connectivity index is 1.50. The first-order valence-electron chi connectivity index (χ1n) is 10.3. The lowest BCUT2D eigenvalue weighted by atomic mass is 10.1. The summed E-state index contributed by atoms with van der Waals surface area (Å²) in [4.78, 5) is 24.4. The fraction of sp³-hybridized carbons (Fsp3) is 0.154. The maximum Gasteiger partial charge on any atom is 0.337 e. The van der Waals surface area contributed by atoms with Crippen molar-refractivity contribution in [2.45, 2.75) is 13.5 Å². The molecular formula is C26H22O7. The van der Waals surface area contributed by atoms with E-state index < -0.39 is 5.97 Å². The van der Waals surface area contributed by atoms with E-state index in [-0.39, 0.29) is 17.8 Å². The summed E-state index contributed by atoms with van der Waals surface area (Å²) < 4.78 is 27.5. The Hall–Kier alpha value is -4.26. The average molecular weight is 446 g/mol. The van der Waals surface area contributed by atoms with E-state index in [2.05, 4.69) is 0 Å². The molecule has 0 radical (unpaired) electrons. The highest BCUT2D eigenvalue weighted by Crippen LogP contribution is 2.31. The van der Waals surface area contributed by atoms with Crippen molar-refractivity contribution in [3.05, 3.63) is 94.3 Å². The second-order valence-corrected chi connectivity index (χ2v) is 7.05. The summed E-state index contributed by atoms with van der Waals surface area (Å²) in [5.74, 6) is 1.19. The molecule has 0 saturated carbocycles. The molecular weight excluding hydrogens is 424 g/mol. The van der Waals surface area contributed by atoms with E-state index in [0.29, 0.717) is 40.4 Å². The van der Waals surface area contributed by atoms with E-state index >= 15 is 0 Å². The average Bonchev–Trinajstić information content (AvgIpc) is 2.85. The predicted molar refractivity (Wildman–Crippen MR) is 122 cm³/mol. The Bertz CT molecular complexity index is 1320. The van der Waals surface area contributed by atoms with Gasteiger partial charge in [0.2, 0.25) is 11.2 Å². The number of carbonyl (C=O) groups excluding carboxylic acids is 1. The summed E-state index contributed by atoms with van der Waals surface area (Å²) in [6.45, 7) is 2.63. The van der Waals surface area contributed by atoms with Gasteiger partial charge in [0.1, 0.15) is 24.2 Å². The molecule has 0 fully saturated rings. The first-order valence-corrected chi connectivity index (χ1v) is 10.3. The van der Waals surface area contributed by atoms with Crippen LogP contribution in [-0.2, 0) is 11.3 Å². The summed E-state index contributed by atoms with van der Waals surface area (Å²) in [6, 6.07) is 19.0. The molecule has 1 heterocycles. The highest BCUT2D eigenvalue weighted by atomic mass is 16.5. The maximum absolute atomic E-state index is 12.9. The molecule has 0 aliphatic heterocycles. The van der Waals surface area contributed by atoms with Gasteiger partial charge in [-0.05, 0) is 48.9 Å². The van der Waals surface area contributed by atoms with Gasteiger partial charge in [0, 0.05) is 6.07 Å². The SMILES string of the molecule is CCOc1ccccc1Oc1coc2cc(OCc3ccc(C(=O)OC)cc3)ccc2c1=O. The van der Waals surface area contributed by atoms with E-state index in [4.69, 9.17) is 23.4 Å². The van der Waals surface area contributed by atoms with Crippen molar-refractivity contribution in [3.63, 3.8) is 0 Å². The topological polar surface area (TPSA) is 84.2 Å². The van der Waals surface area contributed by atoms with Crippen molar-refractivity contribution in [2.75, 3.05) is 13.7 Å². The molecule has 33 heavy (non-hydrogen) atoms. The maximum atomic E-state index is 12.9. The zero-order valence-electron chi connectivity index (χ0n) is 18.2. The molecule has 0 N–H and O–H groups in total. The van der Waals surface area contributed by atoms with E-state index in [0.717, 1.165) is 5.56 Å². The second-order valence-electron chi connectivity index (χ2n) is 7.05. The van der Waals surface area contributed by atoms with Crippen LogP contribution in [0.3, 0.4) is 0 Å². The van der Waals surface area contributed by atoms with Crippen LogP contribution in [0.15, 0.2) is 82.2 Å². The molecule has 0 atom stereocenters. The Morgan fingerprint density at radius 2 is 1.67 bits per heavy atom. The normalized spacial score (nSPS) is 10.6. The van der Waals surface area contributed by atoms with Gasteiger partial charge in [0.25, 0.3) is 0 Å². The molecule has 0 amide bonds. The van der Waals surface area contributed by atoms with Crippen molar-refractivity contribution >= 4 is 16.9 Å². The lowest BCUT2D eigenvalue weighted by Gasteiger charge is -2.11. The van der Waals surface area contributed by atoms with Gasteiger partial charge in [-0.1, -0.05) is 24.3 Å². The lowest BCUT2D eigenvalue weighted by molar-refractivity contribution is 0.0600. The summed E-state index contributed by atoms with van der Waals surface area (Å²) >= 11 is 0. The molecule has 168 valence electrons. The minimum Gasteiger partial charge on any atom is -0.490 e. The molecule has 0 bridgehead atoms. The van der Waals surface area contributed by atoms with Crippen molar-refractivity contribution < 1.29 is 28.2 Å². The number of hydrogen-bond acceptors (Lipinski definition) is 7. The third-order valence-corrected chi connectivity index (χ3v) is 4.86. The molecule has 4 aromatic rings. The molecule has 0 spiro atoms. The molecule has 4 rings (SSSR count). The van der Waals surface area contributed by atoms with Crippen LogP contribution in [0, 0.1) is 0 Å². The number of carbonyl (C=O) groups is 1. The number of hydrogen-bond donors (Lipinski definition) is 0. The van der Waals surface area contributed by atoms with Crippen molar-refractivity contribution in [2.24, 2.45) is 0 Å². The fourth-order valence-corrected chi connectivity index (χ4v) is 3.20. The largest absolute Gasteiger partial charge is 0.490 e. The van der Waals surface area contributed by atoms with Crippen molar-refractivity contribution in [1.29, 1.82) is 0 Å². The van der Waals surface area contributed by atoms with E-state index in [1.54, 1.807) is 60.7 Å². The number of esters is 1. The first-order chi connectivity index (χ1) is 16.1. The van der Waals surface area contributed by atoms with Gasteiger partial charge in [-0.25, -0.2) is 4.79 Å². The number of methoxy groups -OCH3 is 1. The van der Waals surface area contributed by atoms with Crippen LogP contribution in [0.2, 0.25) is 0 Å². The molecule has 3 aromatic carbocycles. The van der Waals surface area contributed by atoms with Gasteiger partial charge in [0.05, 0.1) is 24.7 Å². The Kier molecular flexibility index (Phi) is 6.59. The minimum absolute atomic E-state index is 0.0639. The smallest absolute Gasteiger partial charge is 0.337 e. The highest BCUT2D eigenvalue weighted by molar-refractivity contribution is 5.89. The summed E-state index contributed by atoms with van der Waals surface area (Å²) in [5, 5.41) is 0.371. The molecule has 0 saturated heterocycles. The summed E-state index contributed by atoms with van der Waals surface area (Å²) in [5.41, 5.74) is 1.42. The fourth-order valence-electron chi connectivity index (χ4n) is 3.20. The Labute approximate surface area is 190 Å².